The number of nitrogens with one attached hydrogen (secondary N) is 1. The third kappa shape index (κ3) is 6.60. The average Bonchev–Trinajstić information content (AvgIpc) is 2.71. The maximum absolute atomic E-state index is 13.2. The van der Waals surface area contributed by atoms with Gasteiger partial charge in [-0.15, -0.1) is 0 Å². The summed E-state index contributed by atoms with van der Waals surface area (Å²) in [7, 11) is 3.05. The number of halogens is 1. The summed E-state index contributed by atoms with van der Waals surface area (Å²) in [4.78, 5) is 37.7. The minimum absolute atomic E-state index is 0.173. The second-order valence-electron chi connectivity index (χ2n) is 6.37. The lowest BCUT2D eigenvalue weighted by Crippen LogP contribution is -2.39. The Morgan fingerprint density at radius 3 is 2.45 bits per heavy atom. The standard InChI is InChI=1S/C21H23FN2O5/c1-14(21(27)24(2)13-15-5-4-6-17(22)11-15)29-19(25)12-23-20(26)16-7-9-18(28-3)10-8-16/h4-11,14H,12-13H2,1-3H3,(H,23,26). The number of carbonyl (C=O) groups excluding carboxylic acids is 3. The molecule has 2 amide bonds. The highest BCUT2D eigenvalue weighted by Crippen LogP contribution is 2.11. The quantitative estimate of drug-likeness (QED) is 0.684. The van der Waals surface area contributed by atoms with Gasteiger partial charge in [-0.2, -0.15) is 0 Å². The van der Waals surface area contributed by atoms with Gasteiger partial charge < -0.3 is 19.7 Å². The molecule has 8 heteroatoms. The number of ether oxygens (including phenoxy) is 2. The van der Waals surface area contributed by atoms with Crippen molar-refractivity contribution in [3.63, 3.8) is 0 Å². The van der Waals surface area contributed by atoms with E-state index in [4.69, 9.17) is 9.47 Å². The fourth-order valence-electron chi connectivity index (χ4n) is 2.58. The Labute approximate surface area is 168 Å². The SMILES string of the molecule is COc1ccc(C(=O)NCC(=O)OC(C)C(=O)N(C)Cc2cccc(F)c2)cc1. The second-order valence-corrected chi connectivity index (χ2v) is 6.37. The van der Waals surface area contributed by atoms with Crippen LogP contribution in [0.4, 0.5) is 4.39 Å². The van der Waals surface area contributed by atoms with Gasteiger partial charge in [-0.25, -0.2) is 4.39 Å². The van der Waals surface area contributed by atoms with Crippen molar-refractivity contribution in [2.45, 2.75) is 19.6 Å². The molecule has 1 N–H and O–H groups in total. The van der Waals surface area contributed by atoms with Crippen LogP contribution in [-0.2, 0) is 20.9 Å². The van der Waals surface area contributed by atoms with Gasteiger partial charge in [0.05, 0.1) is 7.11 Å². The first-order chi connectivity index (χ1) is 13.8. The Balaban J connectivity index is 1.80. The molecule has 0 aliphatic rings. The highest BCUT2D eigenvalue weighted by Gasteiger charge is 2.22. The molecule has 7 nitrogen and oxygen atoms in total. The third-order valence-corrected chi connectivity index (χ3v) is 4.09. The topological polar surface area (TPSA) is 84.9 Å². The predicted molar refractivity (Wildman–Crippen MR) is 104 cm³/mol. The molecule has 29 heavy (non-hydrogen) atoms. The summed E-state index contributed by atoms with van der Waals surface area (Å²) >= 11 is 0. The zero-order chi connectivity index (χ0) is 21.4. The van der Waals surface area contributed by atoms with Gasteiger partial charge >= 0.3 is 5.97 Å². The summed E-state index contributed by atoms with van der Waals surface area (Å²) in [6.45, 7) is 1.23. The van der Waals surface area contributed by atoms with E-state index in [1.165, 1.54) is 38.1 Å². The molecule has 0 saturated heterocycles. The van der Waals surface area contributed by atoms with Crippen LogP contribution in [0.3, 0.4) is 0 Å². The summed E-state index contributed by atoms with van der Waals surface area (Å²) in [5.41, 5.74) is 0.976. The molecule has 0 aliphatic heterocycles. The first kappa shape index (κ1) is 21.9. The van der Waals surface area contributed by atoms with Crippen LogP contribution in [0, 0.1) is 5.82 Å². The molecule has 1 atom stereocenters. The number of likely N-dealkylation sites (N-methyl/N-ethyl adjacent to an activating group) is 1. The first-order valence-electron chi connectivity index (χ1n) is 8.91. The van der Waals surface area contributed by atoms with Crippen molar-refractivity contribution in [1.29, 1.82) is 0 Å². The summed E-state index contributed by atoms with van der Waals surface area (Å²) < 4.78 is 23.3. The number of methoxy groups -OCH3 is 1. The summed E-state index contributed by atoms with van der Waals surface area (Å²) in [5, 5.41) is 2.43. The number of amides is 2. The lowest BCUT2D eigenvalue weighted by Gasteiger charge is -2.21. The third-order valence-electron chi connectivity index (χ3n) is 4.09. The van der Waals surface area contributed by atoms with E-state index in [2.05, 4.69) is 5.32 Å². The van der Waals surface area contributed by atoms with Crippen molar-refractivity contribution >= 4 is 17.8 Å². The predicted octanol–water partition coefficient (Wildman–Crippen LogP) is 2.15. The number of hydrogen-bond donors (Lipinski definition) is 1. The molecule has 2 rings (SSSR count). The lowest BCUT2D eigenvalue weighted by atomic mass is 10.2. The molecule has 2 aromatic carbocycles. The fraction of sp³-hybridized carbons (Fsp3) is 0.286. The van der Waals surface area contributed by atoms with Gasteiger partial charge in [0.1, 0.15) is 18.1 Å². The van der Waals surface area contributed by atoms with Gasteiger partial charge in [0.15, 0.2) is 6.10 Å². The van der Waals surface area contributed by atoms with Crippen LogP contribution in [0.15, 0.2) is 48.5 Å². The zero-order valence-electron chi connectivity index (χ0n) is 16.5. The van der Waals surface area contributed by atoms with Crippen molar-refractivity contribution in [2.75, 3.05) is 20.7 Å². The molecular weight excluding hydrogens is 379 g/mol. The van der Waals surface area contributed by atoms with E-state index in [1.54, 1.807) is 36.4 Å². The fourth-order valence-corrected chi connectivity index (χ4v) is 2.58. The number of benzene rings is 2. The molecule has 0 aliphatic carbocycles. The number of esters is 1. The highest BCUT2D eigenvalue weighted by molar-refractivity contribution is 5.96. The monoisotopic (exact) mass is 402 g/mol. The minimum atomic E-state index is -1.04. The Hall–Kier alpha value is -3.42. The molecule has 2 aromatic rings. The van der Waals surface area contributed by atoms with E-state index in [-0.39, 0.29) is 13.1 Å². The zero-order valence-corrected chi connectivity index (χ0v) is 16.5. The summed E-state index contributed by atoms with van der Waals surface area (Å²) in [6, 6.07) is 12.3. The Morgan fingerprint density at radius 1 is 1.14 bits per heavy atom. The normalized spacial score (nSPS) is 11.3. The van der Waals surface area contributed by atoms with Crippen molar-refractivity contribution in [2.24, 2.45) is 0 Å². The van der Waals surface area contributed by atoms with Gasteiger partial charge in [-0.1, -0.05) is 12.1 Å². The van der Waals surface area contributed by atoms with Crippen molar-refractivity contribution in [3.05, 3.63) is 65.5 Å². The molecule has 0 radical (unpaired) electrons. The van der Waals surface area contributed by atoms with Crippen molar-refractivity contribution in [1.82, 2.24) is 10.2 Å². The number of hydrogen-bond acceptors (Lipinski definition) is 5. The van der Waals surface area contributed by atoms with Crippen molar-refractivity contribution < 1.29 is 28.2 Å². The molecule has 154 valence electrons. The summed E-state index contributed by atoms with van der Waals surface area (Å²) in [6.07, 6.45) is -1.04. The molecule has 0 saturated carbocycles. The van der Waals surface area contributed by atoms with Crippen LogP contribution in [0.25, 0.3) is 0 Å². The summed E-state index contributed by atoms with van der Waals surface area (Å²) in [5.74, 6) is -1.42. The van der Waals surface area contributed by atoms with Crippen LogP contribution in [0.5, 0.6) is 5.75 Å². The van der Waals surface area contributed by atoms with E-state index >= 15 is 0 Å². The van der Waals surface area contributed by atoms with Gasteiger partial charge in [0.25, 0.3) is 11.8 Å². The number of carbonyl (C=O) groups is 3. The second kappa shape index (κ2) is 10.2. The van der Waals surface area contributed by atoms with Gasteiger partial charge in [0, 0.05) is 19.2 Å². The smallest absolute Gasteiger partial charge is 0.326 e. The first-order valence-corrected chi connectivity index (χ1v) is 8.91. The maximum atomic E-state index is 13.2. The lowest BCUT2D eigenvalue weighted by molar-refractivity contribution is -0.157. The van der Waals surface area contributed by atoms with E-state index in [9.17, 15) is 18.8 Å². The van der Waals surface area contributed by atoms with Gasteiger partial charge in [-0.05, 0) is 48.9 Å². The van der Waals surface area contributed by atoms with Gasteiger partial charge in [0.2, 0.25) is 0 Å². The van der Waals surface area contributed by atoms with Crippen LogP contribution in [-0.4, -0.2) is 49.5 Å². The van der Waals surface area contributed by atoms with Crippen LogP contribution in [0.1, 0.15) is 22.8 Å². The van der Waals surface area contributed by atoms with E-state index in [0.717, 1.165) is 0 Å². The van der Waals surface area contributed by atoms with Crippen LogP contribution >= 0.6 is 0 Å². The molecular formula is C21H23FN2O5. The highest BCUT2D eigenvalue weighted by atomic mass is 19.1. The number of nitrogens with zero attached hydrogens (tertiary/aromatic N) is 1. The molecule has 0 spiro atoms. The van der Waals surface area contributed by atoms with E-state index < -0.39 is 29.7 Å². The Morgan fingerprint density at radius 2 is 1.83 bits per heavy atom. The molecule has 0 bridgehead atoms. The Bertz CT molecular complexity index is 870. The average molecular weight is 402 g/mol. The Kier molecular flexibility index (Phi) is 7.70. The van der Waals surface area contributed by atoms with Crippen LogP contribution < -0.4 is 10.1 Å². The van der Waals surface area contributed by atoms with Crippen LogP contribution in [0.2, 0.25) is 0 Å². The van der Waals surface area contributed by atoms with Gasteiger partial charge in [-0.3, -0.25) is 14.4 Å². The molecule has 0 aromatic heterocycles. The largest absolute Gasteiger partial charge is 0.497 e. The molecule has 1 unspecified atom stereocenters. The van der Waals surface area contributed by atoms with E-state index in [1.807, 2.05) is 0 Å². The van der Waals surface area contributed by atoms with E-state index in [0.29, 0.717) is 16.9 Å². The molecule has 0 fully saturated rings. The maximum Gasteiger partial charge on any atom is 0.326 e. The minimum Gasteiger partial charge on any atom is -0.497 e. The number of rotatable bonds is 8. The molecule has 0 heterocycles. The van der Waals surface area contributed by atoms with Crippen molar-refractivity contribution in [3.8, 4) is 5.75 Å².